The monoisotopic (exact) mass is 336 g/mol. The number of rotatable bonds is 7. The van der Waals surface area contributed by atoms with E-state index in [1.165, 1.54) is 0 Å². The molecular formula is C17H21ClN2O3. The lowest BCUT2D eigenvalue weighted by Crippen LogP contribution is -2.14. The maximum atomic E-state index is 6.37. The number of nitrogens with zero attached hydrogens (tertiary/aromatic N) is 1. The van der Waals surface area contributed by atoms with E-state index in [-0.39, 0.29) is 0 Å². The van der Waals surface area contributed by atoms with Gasteiger partial charge in [0, 0.05) is 24.3 Å². The first-order chi connectivity index (χ1) is 11.1. The van der Waals surface area contributed by atoms with Gasteiger partial charge in [0.2, 0.25) is 5.88 Å². The zero-order valence-corrected chi connectivity index (χ0v) is 14.5. The number of hydrogen-bond acceptors (Lipinski definition) is 5. The van der Waals surface area contributed by atoms with E-state index in [2.05, 4.69) is 10.3 Å². The molecule has 0 saturated carbocycles. The third-order valence-corrected chi connectivity index (χ3v) is 3.88. The second-order valence-corrected chi connectivity index (χ2v) is 5.38. The Hall–Kier alpha value is -1.98. The number of methoxy groups -OCH3 is 3. The average molecular weight is 337 g/mol. The van der Waals surface area contributed by atoms with Crippen molar-refractivity contribution in [1.29, 1.82) is 0 Å². The molecule has 6 heteroatoms. The molecule has 0 atom stereocenters. The fraction of sp³-hybridized carbons (Fsp3) is 0.353. The normalized spacial score (nSPS) is 10.5. The number of aromatic nitrogens is 1. The zero-order chi connectivity index (χ0) is 16.8. The second kappa shape index (κ2) is 8.04. The van der Waals surface area contributed by atoms with Crippen LogP contribution in [0.2, 0.25) is 5.02 Å². The van der Waals surface area contributed by atoms with Gasteiger partial charge in [0.15, 0.2) is 11.5 Å². The molecule has 124 valence electrons. The quantitative estimate of drug-likeness (QED) is 0.840. The number of pyridine rings is 1. The number of ether oxygens (including phenoxy) is 3. The van der Waals surface area contributed by atoms with Gasteiger partial charge in [0.05, 0.1) is 26.4 Å². The molecule has 0 spiro atoms. The highest BCUT2D eigenvalue weighted by Gasteiger charge is 2.13. The van der Waals surface area contributed by atoms with Crippen LogP contribution in [0.5, 0.6) is 17.4 Å². The minimum absolute atomic E-state index is 0.544. The lowest BCUT2D eigenvalue weighted by molar-refractivity contribution is 0.354. The van der Waals surface area contributed by atoms with Crippen LogP contribution in [0.3, 0.4) is 0 Å². The summed E-state index contributed by atoms with van der Waals surface area (Å²) in [6, 6.07) is 7.73. The molecule has 0 aliphatic heterocycles. The van der Waals surface area contributed by atoms with Crippen molar-refractivity contribution in [3.05, 3.63) is 46.1 Å². The number of hydrogen-bond donors (Lipinski definition) is 1. The van der Waals surface area contributed by atoms with Gasteiger partial charge in [-0.05, 0) is 24.6 Å². The van der Waals surface area contributed by atoms with E-state index in [0.717, 1.165) is 16.8 Å². The predicted molar refractivity (Wildman–Crippen MR) is 90.6 cm³/mol. The Balaban J connectivity index is 2.07. The van der Waals surface area contributed by atoms with Crippen LogP contribution < -0.4 is 19.5 Å². The summed E-state index contributed by atoms with van der Waals surface area (Å²) in [6.45, 7) is 3.15. The van der Waals surface area contributed by atoms with Crippen LogP contribution in [-0.4, -0.2) is 26.3 Å². The molecule has 0 radical (unpaired) electrons. The summed E-state index contributed by atoms with van der Waals surface area (Å²) in [4.78, 5) is 4.36. The van der Waals surface area contributed by atoms with Crippen LogP contribution >= 0.6 is 11.6 Å². The highest BCUT2D eigenvalue weighted by atomic mass is 35.5. The largest absolute Gasteiger partial charge is 0.493 e. The van der Waals surface area contributed by atoms with E-state index in [4.69, 9.17) is 25.8 Å². The minimum atomic E-state index is 0.544. The zero-order valence-electron chi connectivity index (χ0n) is 13.8. The second-order valence-electron chi connectivity index (χ2n) is 5.00. The molecule has 1 aromatic carbocycles. The SMILES string of the molecule is COc1ccc(CNCc2ccc(C)nc2OC)c(Cl)c1OC. The van der Waals surface area contributed by atoms with Crippen molar-refractivity contribution >= 4 is 11.6 Å². The van der Waals surface area contributed by atoms with Crippen molar-refractivity contribution in [2.75, 3.05) is 21.3 Å². The van der Waals surface area contributed by atoms with Crippen molar-refractivity contribution in [3.63, 3.8) is 0 Å². The lowest BCUT2D eigenvalue weighted by Gasteiger charge is -2.14. The Morgan fingerprint density at radius 3 is 2.30 bits per heavy atom. The van der Waals surface area contributed by atoms with Gasteiger partial charge in [-0.25, -0.2) is 4.98 Å². The van der Waals surface area contributed by atoms with Gasteiger partial charge in [-0.2, -0.15) is 0 Å². The van der Waals surface area contributed by atoms with Gasteiger partial charge >= 0.3 is 0 Å². The first-order valence-corrected chi connectivity index (χ1v) is 7.59. The molecule has 0 unspecified atom stereocenters. The highest BCUT2D eigenvalue weighted by Crippen LogP contribution is 2.37. The third kappa shape index (κ3) is 4.06. The van der Waals surface area contributed by atoms with Gasteiger partial charge in [-0.3, -0.25) is 0 Å². The van der Waals surface area contributed by atoms with Crippen LogP contribution in [0.1, 0.15) is 16.8 Å². The molecule has 0 bridgehead atoms. The molecule has 2 aromatic rings. The predicted octanol–water partition coefficient (Wildman–Crippen LogP) is 3.36. The molecule has 0 aliphatic carbocycles. The van der Waals surface area contributed by atoms with Crippen LogP contribution in [0.4, 0.5) is 0 Å². The van der Waals surface area contributed by atoms with E-state index < -0.39 is 0 Å². The summed E-state index contributed by atoms with van der Waals surface area (Å²) in [5.41, 5.74) is 2.85. The molecule has 0 aliphatic rings. The molecule has 0 saturated heterocycles. The molecule has 2 rings (SSSR count). The van der Waals surface area contributed by atoms with Crippen LogP contribution in [0.25, 0.3) is 0 Å². The summed E-state index contributed by atoms with van der Waals surface area (Å²) >= 11 is 6.37. The van der Waals surface area contributed by atoms with Gasteiger partial charge in [-0.1, -0.05) is 23.7 Å². The van der Waals surface area contributed by atoms with Gasteiger partial charge in [0.25, 0.3) is 0 Å². The smallest absolute Gasteiger partial charge is 0.217 e. The lowest BCUT2D eigenvalue weighted by atomic mass is 10.2. The van der Waals surface area contributed by atoms with Crippen molar-refractivity contribution < 1.29 is 14.2 Å². The van der Waals surface area contributed by atoms with E-state index in [1.807, 2.05) is 31.2 Å². The number of nitrogens with one attached hydrogen (secondary N) is 1. The Morgan fingerprint density at radius 2 is 1.65 bits per heavy atom. The summed E-state index contributed by atoms with van der Waals surface area (Å²) < 4.78 is 15.8. The van der Waals surface area contributed by atoms with E-state index in [9.17, 15) is 0 Å². The first kappa shape index (κ1) is 17.4. The fourth-order valence-corrected chi connectivity index (χ4v) is 2.57. The Labute approximate surface area is 141 Å². The number of benzene rings is 1. The van der Waals surface area contributed by atoms with Crippen molar-refractivity contribution in [2.24, 2.45) is 0 Å². The number of aryl methyl sites for hydroxylation is 1. The Bertz CT molecular complexity index is 677. The molecule has 1 N–H and O–H groups in total. The van der Waals surface area contributed by atoms with E-state index in [0.29, 0.717) is 35.5 Å². The average Bonchev–Trinajstić information content (AvgIpc) is 2.57. The molecule has 1 heterocycles. The minimum Gasteiger partial charge on any atom is -0.493 e. The first-order valence-electron chi connectivity index (χ1n) is 7.21. The van der Waals surface area contributed by atoms with Gasteiger partial charge < -0.3 is 19.5 Å². The van der Waals surface area contributed by atoms with Crippen LogP contribution in [-0.2, 0) is 13.1 Å². The summed E-state index contributed by atoms with van der Waals surface area (Å²) in [5.74, 6) is 1.80. The topological polar surface area (TPSA) is 52.6 Å². The molecular weight excluding hydrogens is 316 g/mol. The van der Waals surface area contributed by atoms with Gasteiger partial charge in [-0.15, -0.1) is 0 Å². The summed E-state index contributed by atoms with van der Waals surface area (Å²) in [7, 11) is 4.78. The number of halogens is 1. The van der Waals surface area contributed by atoms with Crippen molar-refractivity contribution in [2.45, 2.75) is 20.0 Å². The van der Waals surface area contributed by atoms with E-state index >= 15 is 0 Å². The van der Waals surface area contributed by atoms with Crippen LogP contribution in [0, 0.1) is 6.92 Å². The van der Waals surface area contributed by atoms with Crippen molar-refractivity contribution in [3.8, 4) is 17.4 Å². The maximum Gasteiger partial charge on any atom is 0.217 e. The molecule has 0 amide bonds. The Morgan fingerprint density at radius 1 is 0.957 bits per heavy atom. The van der Waals surface area contributed by atoms with E-state index in [1.54, 1.807) is 21.3 Å². The third-order valence-electron chi connectivity index (χ3n) is 3.47. The molecule has 0 fully saturated rings. The summed E-state index contributed by atoms with van der Waals surface area (Å²) in [6.07, 6.45) is 0. The fourth-order valence-electron chi connectivity index (χ4n) is 2.27. The molecule has 1 aromatic heterocycles. The summed E-state index contributed by atoms with van der Waals surface area (Å²) in [5, 5.41) is 3.89. The van der Waals surface area contributed by atoms with Gasteiger partial charge in [0.1, 0.15) is 0 Å². The molecule has 23 heavy (non-hydrogen) atoms. The van der Waals surface area contributed by atoms with Crippen molar-refractivity contribution in [1.82, 2.24) is 10.3 Å². The highest BCUT2D eigenvalue weighted by molar-refractivity contribution is 6.33. The Kier molecular flexibility index (Phi) is 6.07. The molecule has 5 nitrogen and oxygen atoms in total. The maximum absolute atomic E-state index is 6.37. The van der Waals surface area contributed by atoms with Crippen LogP contribution in [0.15, 0.2) is 24.3 Å². The standard InChI is InChI=1S/C17H21ClN2O3/c1-11-5-6-13(17(20-11)23-4)10-19-9-12-7-8-14(21-2)16(22-3)15(12)18/h5-8,19H,9-10H2,1-4H3.